The monoisotopic (exact) mass is 612 g/mol. The molecule has 0 atom stereocenters. The Balaban J connectivity index is 1.39. The van der Waals surface area contributed by atoms with Crippen LogP contribution in [0.5, 0.6) is 0 Å². The average Bonchev–Trinajstić information content (AvgIpc) is 3.09. The number of benzene rings is 6. The predicted molar refractivity (Wildman–Crippen MR) is 184 cm³/mol. The van der Waals surface area contributed by atoms with Gasteiger partial charge in [0.1, 0.15) is 0 Å². The molecule has 0 heterocycles. The number of hydrogen-bond acceptors (Lipinski definition) is 3. The lowest BCUT2D eigenvalue weighted by molar-refractivity contribution is 0.262. The quantitative estimate of drug-likeness (QED) is 0.190. The van der Waals surface area contributed by atoms with Crippen molar-refractivity contribution in [3.63, 3.8) is 0 Å². The summed E-state index contributed by atoms with van der Waals surface area (Å²) in [7, 11) is -6.71. The number of anilines is 2. The number of carbonyl (C=O) groups excluding carboxylic acids is 1. The van der Waals surface area contributed by atoms with Crippen molar-refractivity contribution in [1.82, 2.24) is 0 Å². The Morgan fingerprint density at radius 1 is 0.364 bits per heavy atom. The Bertz CT molecular complexity index is 1750. The molecule has 0 aromatic heterocycles. The lowest BCUT2D eigenvalue weighted by Gasteiger charge is -2.24. The Morgan fingerprint density at radius 3 is 0.909 bits per heavy atom. The molecule has 0 radical (unpaired) electrons. The van der Waals surface area contributed by atoms with Crippen LogP contribution in [0.3, 0.4) is 0 Å². The van der Waals surface area contributed by atoms with E-state index in [1.807, 2.05) is 133 Å². The normalized spacial score (nSPS) is 11.5. The molecule has 5 nitrogen and oxygen atoms in total. The lowest BCUT2D eigenvalue weighted by atomic mass is 10.3. The molecule has 0 aliphatic heterocycles. The van der Waals surface area contributed by atoms with Crippen molar-refractivity contribution in [2.45, 2.75) is 0 Å². The minimum atomic E-state index is -3.36. The summed E-state index contributed by atoms with van der Waals surface area (Å²) in [6.45, 7) is 0. The molecule has 0 fully saturated rings. The minimum absolute atomic E-state index is 0.424. The molecular formula is C37H30N2O3P2. The van der Waals surface area contributed by atoms with Gasteiger partial charge in [-0.3, -0.25) is 0 Å². The second-order valence-corrected chi connectivity index (χ2v) is 15.6. The first-order chi connectivity index (χ1) is 21.5. The second-order valence-electron chi connectivity index (χ2n) is 10.2. The van der Waals surface area contributed by atoms with Crippen molar-refractivity contribution in [3.8, 4) is 0 Å². The maximum absolute atomic E-state index is 15.1. The van der Waals surface area contributed by atoms with Crippen LogP contribution in [0.2, 0.25) is 0 Å². The fourth-order valence-electron chi connectivity index (χ4n) is 5.39. The standard InChI is InChI=1S/C37H30N2O3P2/c40-37(38-33-25-13-15-27-35(33)43(41,29-17-5-1-6-18-29)30-19-7-2-8-20-30)39-34-26-14-16-28-36(34)44(42,31-21-9-3-10-22-31)32-23-11-4-12-24-32/h1-28H,(H2,38,39,40). The van der Waals surface area contributed by atoms with Crippen molar-refractivity contribution in [2.75, 3.05) is 10.6 Å². The van der Waals surface area contributed by atoms with Crippen LogP contribution in [-0.2, 0) is 9.13 Å². The molecule has 0 unspecified atom stereocenters. The second kappa shape index (κ2) is 12.7. The van der Waals surface area contributed by atoms with E-state index >= 15 is 9.13 Å². The highest BCUT2D eigenvalue weighted by atomic mass is 31.2. The third-order valence-electron chi connectivity index (χ3n) is 7.46. The molecule has 0 aliphatic carbocycles. The Hall–Kier alpha value is -4.95. The van der Waals surface area contributed by atoms with E-state index in [-0.39, 0.29) is 0 Å². The SMILES string of the molecule is O=C(Nc1ccccc1P(=O)(c1ccccc1)c1ccccc1)Nc1ccccc1P(=O)(c1ccccc1)c1ccccc1. The summed E-state index contributed by atoms with van der Waals surface area (Å²) in [4.78, 5) is 13.7. The van der Waals surface area contributed by atoms with Gasteiger partial charge in [-0.1, -0.05) is 146 Å². The maximum atomic E-state index is 15.1. The first-order valence-corrected chi connectivity index (χ1v) is 17.6. The van der Waals surface area contributed by atoms with Gasteiger partial charge in [0.25, 0.3) is 0 Å². The molecule has 7 heteroatoms. The van der Waals surface area contributed by atoms with Crippen LogP contribution in [0.4, 0.5) is 16.2 Å². The van der Waals surface area contributed by atoms with E-state index in [2.05, 4.69) is 10.6 Å². The highest BCUT2D eigenvalue weighted by Gasteiger charge is 2.34. The van der Waals surface area contributed by atoms with Gasteiger partial charge >= 0.3 is 6.03 Å². The number of rotatable bonds is 8. The van der Waals surface area contributed by atoms with Crippen molar-refractivity contribution in [2.24, 2.45) is 0 Å². The van der Waals surface area contributed by atoms with Crippen molar-refractivity contribution < 1.29 is 13.9 Å². The fourth-order valence-corrected chi connectivity index (χ4v) is 11.0. The highest BCUT2D eigenvalue weighted by molar-refractivity contribution is 7.86. The summed E-state index contributed by atoms with van der Waals surface area (Å²) >= 11 is 0. The number of para-hydroxylation sites is 2. The van der Waals surface area contributed by atoms with E-state index in [0.29, 0.717) is 43.2 Å². The average molecular weight is 613 g/mol. The van der Waals surface area contributed by atoms with Crippen LogP contribution < -0.4 is 42.5 Å². The number of hydrogen-bond donors (Lipinski definition) is 2. The molecule has 2 N–H and O–H groups in total. The third-order valence-corrected chi connectivity index (χ3v) is 13.7. The molecule has 216 valence electrons. The van der Waals surface area contributed by atoms with Crippen molar-refractivity contribution in [1.29, 1.82) is 0 Å². The van der Waals surface area contributed by atoms with Crippen LogP contribution in [0.15, 0.2) is 170 Å². The lowest BCUT2D eigenvalue weighted by Crippen LogP contribution is -2.31. The maximum Gasteiger partial charge on any atom is 0.323 e. The molecule has 0 saturated heterocycles. The molecule has 0 saturated carbocycles. The zero-order valence-electron chi connectivity index (χ0n) is 23.8. The van der Waals surface area contributed by atoms with Crippen molar-refractivity contribution >= 4 is 63.5 Å². The molecule has 2 amide bonds. The molecule has 0 aliphatic rings. The van der Waals surface area contributed by atoms with Crippen LogP contribution in [-0.4, -0.2) is 6.03 Å². The third kappa shape index (κ3) is 5.56. The molecule has 44 heavy (non-hydrogen) atoms. The van der Waals surface area contributed by atoms with Gasteiger partial charge in [0.15, 0.2) is 14.3 Å². The van der Waals surface area contributed by atoms with Gasteiger partial charge < -0.3 is 19.8 Å². The van der Waals surface area contributed by atoms with Gasteiger partial charge in [-0.2, -0.15) is 0 Å². The number of carbonyl (C=O) groups is 1. The van der Waals surface area contributed by atoms with Crippen LogP contribution in [0.25, 0.3) is 0 Å². The zero-order valence-corrected chi connectivity index (χ0v) is 25.6. The Labute approximate surface area is 257 Å². The summed E-state index contributed by atoms with van der Waals surface area (Å²) < 4.78 is 30.1. The topological polar surface area (TPSA) is 75.3 Å². The van der Waals surface area contributed by atoms with Crippen molar-refractivity contribution in [3.05, 3.63) is 170 Å². The first-order valence-electron chi connectivity index (χ1n) is 14.2. The summed E-state index contributed by atoms with van der Waals surface area (Å²) in [6.07, 6.45) is 0. The van der Waals surface area contributed by atoms with Crippen LogP contribution in [0, 0.1) is 0 Å². The molecule has 6 aromatic rings. The number of amides is 2. The van der Waals surface area contributed by atoms with E-state index in [4.69, 9.17) is 0 Å². The molecular weight excluding hydrogens is 582 g/mol. The van der Waals surface area contributed by atoms with Crippen LogP contribution in [0.1, 0.15) is 0 Å². The van der Waals surface area contributed by atoms with E-state index in [1.165, 1.54) is 0 Å². The summed E-state index contributed by atoms with van der Waals surface area (Å²) in [5.74, 6) is 0. The zero-order chi connectivity index (χ0) is 30.4. The van der Waals surface area contributed by atoms with Gasteiger partial charge in [-0.25, -0.2) is 4.79 Å². The molecule has 6 aromatic carbocycles. The number of nitrogens with one attached hydrogen (secondary N) is 2. The van der Waals surface area contributed by atoms with E-state index in [0.717, 1.165) is 0 Å². The Kier molecular flexibility index (Phi) is 8.43. The Morgan fingerprint density at radius 2 is 0.614 bits per heavy atom. The highest BCUT2D eigenvalue weighted by Crippen LogP contribution is 2.45. The van der Waals surface area contributed by atoms with Gasteiger partial charge in [0.2, 0.25) is 0 Å². The predicted octanol–water partition coefficient (Wildman–Crippen LogP) is 6.61. The van der Waals surface area contributed by atoms with E-state index in [9.17, 15) is 4.79 Å². The van der Waals surface area contributed by atoms with Gasteiger partial charge in [0, 0.05) is 31.8 Å². The summed E-state index contributed by atoms with van der Waals surface area (Å²) in [5, 5.41) is 9.59. The van der Waals surface area contributed by atoms with Crippen LogP contribution >= 0.6 is 14.3 Å². The first kappa shape index (κ1) is 29.1. The largest absolute Gasteiger partial charge is 0.323 e. The minimum Gasteiger partial charge on any atom is -0.309 e. The fraction of sp³-hybridized carbons (Fsp3) is 0. The van der Waals surface area contributed by atoms with Gasteiger partial charge in [0.05, 0.1) is 11.4 Å². The molecule has 6 rings (SSSR count). The summed E-state index contributed by atoms with van der Waals surface area (Å²) in [6, 6.07) is 51.1. The smallest absolute Gasteiger partial charge is 0.309 e. The van der Waals surface area contributed by atoms with Gasteiger partial charge in [-0.15, -0.1) is 0 Å². The summed E-state index contributed by atoms with van der Waals surface area (Å²) in [5.41, 5.74) is 0.848. The van der Waals surface area contributed by atoms with E-state index in [1.54, 1.807) is 36.4 Å². The molecule has 0 spiro atoms. The van der Waals surface area contributed by atoms with Gasteiger partial charge in [-0.05, 0) is 24.3 Å². The number of urea groups is 1. The molecule has 0 bridgehead atoms. The van der Waals surface area contributed by atoms with E-state index < -0.39 is 20.3 Å².